The van der Waals surface area contributed by atoms with E-state index in [1.165, 1.54) is 24.2 Å². The molecule has 0 aliphatic carbocycles. The zero-order chi connectivity index (χ0) is 21.3. The van der Waals surface area contributed by atoms with Gasteiger partial charge in [-0.3, -0.25) is 9.59 Å². The Kier molecular flexibility index (Phi) is 5.50. The Morgan fingerprint density at radius 2 is 1.87 bits per heavy atom. The van der Waals surface area contributed by atoms with Crippen LogP contribution in [0, 0.1) is 0 Å². The highest BCUT2D eigenvalue weighted by molar-refractivity contribution is 7.99. The molecule has 0 bridgehead atoms. The minimum Gasteiger partial charge on any atom is -0.327 e. The predicted octanol–water partition coefficient (Wildman–Crippen LogP) is 4.01. The van der Waals surface area contributed by atoms with Crippen LogP contribution in [0.3, 0.4) is 0 Å². The molecule has 0 saturated heterocycles. The molecule has 2 aromatic carbocycles. The normalized spacial score (nSPS) is 11.2. The Labute approximate surface area is 177 Å². The number of rotatable bonds is 6. The fourth-order valence-corrected chi connectivity index (χ4v) is 3.87. The SMILES string of the molecule is CCc1ccc2c(c1)c1nnc(SCC(=O)Nc3ccc(C(C)=O)cc3)nc1n2C. The largest absolute Gasteiger partial charge is 0.327 e. The van der Waals surface area contributed by atoms with Crippen LogP contribution in [0.25, 0.3) is 22.1 Å². The predicted molar refractivity (Wildman–Crippen MR) is 119 cm³/mol. The van der Waals surface area contributed by atoms with Crippen LogP contribution < -0.4 is 5.32 Å². The second kappa shape index (κ2) is 8.23. The Hall–Kier alpha value is -3.26. The molecule has 0 fully saturated rings. The third-order valence-corrected chi connectivity index (χ3v) is 5.80. The van der Waals surface area contributed by atoms with Crippen LogP contribution in [-0.4, -0.2) is 37.2 Å². The van der Waals surface area contributed by atoms with E-state index in [2.05, 4.69) is 45.6 Å². The third kappa shape index (κ3) is 3.91. The van der Waals surface area contributed by atoms with Gasteiger partial charge in [-0.15, -0.1) is 10.2 Å². The number of fused-ring (bicyclic) bond motifs is 3. The first-order chi connectivity index (χ1) is 14.5. The number of nitrogens with one attached hydrogen (secondary N) is 1. The average Bonchev–Trinajstić information content (AvgIpc) is 3.03. The number of thioether (sulfide) groups is 1. The molecule has 8 heteroatoms. The van der Waals surface area contributed by atoms with Gasteiger partial charge in [0.2, 0.25) is 11.1 Å². The molecule has 0 aliphatic heterocycles. The van der Waals surface area contributed by atoms with Crippen LogP contribution in [0.1, 0.15) is 29.8 Å². The van der Waals surface area contributed by atoms with Crippen molar-refractivity contribution in [3.8, 4) is 0 Å². The summed E-state index contributed by atoms with van der Waals surface area (Å²) >= 11 is 1.23. The van der Waals surface area contributed by atoms with Crippen molar-refractivity contribution in [2.45, 2.75) is 25.4 Å². The molecule has 1 N–H and O–H groups in total. The molecule has 0 spiro atoms. The van der Waals surface area contributed by atoms with Crippen LogP contribution >= 0.6 is 11.8 Å². The highest BCUT2D eigenvalue weighted by Crippen LogP contribution is 2.27. The molecule has 0 unspecified atom stereocenters. The monoisotopic (exact) mass is 419 g/mol. The quantitative estimate of drug-likeness (QED) is 0.375. The number of hydrogen-bond acceptors (Lipinski definition) is 6. The first-order valence-corrected chi connectivity index (χ1v) is 10.6. The molecular formula is C22H21N5O2S. The minimum atomic E-state index is -0.177. The second-order valence-electron chi connectivity index (χ2n) is 7.00. The van der Waals surface area contributed by atoms with Gasteiger partial charge in [0.15, 0.2) is 11.4 Å². The van der Waals surface area contributed by atoms with Crippen LogP contribution in [-0.2, 0) is 18.3 Å². The van der Waals surface area contributed by atoms with E-state index in [9.17, 15) is 9.59 Å². The van der Waals surface area contributed by atoms with Gasteiger partial charge in [0.25, 0.3) is 0 Å². The maximum atomic E-state index is 12.3. The van der Waals surface area contributed by atoms with E-state index < -0.39 is 0 Å². The topological polar surface area (TPSA) is 89.8 Å². The average molecular weight is 420 g/mol. The van der Waals surface area contributed by atoms with Crippen molar-refractivity contribution in [2.24, 2.45) is 7.05 Å². The summed E-state index contributed by atoms with van der Waals surface area (Å²) in [4.78, 5) is 28.2. The lowest BCUT2D eigenvalue weighted by atomic mass is 10.1. The van der Waals surface area contributed by atoms with E-state index in [0.29, 0.717) is 16.4 Å². The van der Waals surface area contributed by atoms with Gasteiger partial charge in [0.05, 0.1) is 11.3 Å². The summed E-state index contributed by atoms with van der Waals surface area (Å²) in [7, 11) is 1.96. The van der Waals surface area contributed by atoms with Crippen molar-refractivity contribution >= 4 is 51.2 Å². The molecule has 4 rings (SSSR count). The van der Waals surface area contributed by atoms with Crippen molar-refractivity contribution in [1.29, 1.82) is 0 Å². The molecule has 0 radical (unpaired) electrons. The molecule has 0 saturated carbocycles. The number of aryl methyl sites for hydroxylation is 2. The molecular weight excluding hydrogens is 398 g/mol. The Morgan fingerprint density at radius 1 is 1.10 bits per heavy atom. The van der Waals surface area contributed by atoms with Gasteiger partial charge >= 0.3 is 0 Å². The maximum Gasteiger partial charge on any atom is 0.234 e. The Balaban J connectivity index is 1.48. The summed E-state index contributed by atoms with van der Waals surface area (Å²) in [5.74, 6) is -0.0300. The van der Waals surface area contributed by atoms with Gasteiger partial charge in [-0.2, -0.15) is 0 Å². The van der Waals surface area contributed by atoms with E-state index in [1.54, 1.807) is 24.3 Å². The van der Waals surface area contributed by atoms with E-state index in [1.807, 2.05) is 11.6 Å². The fraction of sp³-hybridized carbons (Fsp3) is 0.227. The van der Waals surface area contributed by atoms with E-state index in [-0.39, 0.29) is 17.4 Å². The van der Waals surface area contributed by atoms with E-state index in [0.717, 1.165) is 28.5 Å². The van der Waals surface area contributed by atoms with E-state index >= 15 is 0 Å². The van der Waals surface area contributed by atoms with Crippen molar-refractivity contribution in [1.82, 2.24) is 19.7 Å². The fourth-order valence-electron chi connectivity index (χ4n) is 3.29. The number of amides is 1. The van der Waals surface area contributed by atoms with Crippen LogP contribution in [0.2, 0.25) is 0 Å². The molecule has 2 heterocycles. The van der Waals surface area contributed by atoms with Crippen LogP contribution in [0.4, 0.5) is 5.69 Å². The first-order valence-electron chi connectivity index (χ1n) is 9.61. The van der Waals surface area contributed by atoms with Crippen molar-refractivity contribution < 1.29 is 9.59 Å². The van der Waals surface area contributed by atoms with Crippen molar-refractivity contribution in [3.05, 3.63) is 53.6 Å². The lowest BCUT2D eigenvalue weighted by Gasteiger charge is -2.05. The second-order valence-corrected chi connectivity index (χ2v) is 7.94. The molecule has 30 heavy (non-hydrogen) atoms. The zero-order valence-corrected chi connectivity index (χ0v) is 17.8. The standard InChI is InChI=1S/C22H21N5O2S/c1-4-14-5-10-18-17(11-14)20-21(27(18)3)24-22(26-25-20)30-12-19(29)23-16-8-6-15(7-9-16)13(2)28/h5-11H,4,12H2,1-3H3,(H,23,29). The summed E-state index contributed by atoms with van der Waals surface area (Å²) in [6.45, 7) is 3.63. The van der Waals surface area contributed by atoms with Gasteiger partial charge in [0, 0.05) is 23.7 Å². The molecule has 152 valence electrons. The molecule has 0 atom stereocenters. The van der Waals surface area contributed by atoms with Gasteiger partial charge in [-0.25, -0.2) is 4.98 Å². The molecule has 0 aliphatic rings. The summed E-state index contributed by atoms with van der Waals surface area (Å²) < 4.78 is 2.00. The summed E-state index contributed by atoms with van der Waals surface area (Å²) in [6.07, 6.45) is 0.952. The lowest BCUT2D eigenvalue weighted by molar-refractivity contribution is -0.113. The van der Waals surface area contributed by atoms with Crippen molar-refractivity contribution in [3.63, 3.8) is 0 Å². The summed E-state index contributed by atoms with van der Waals surface area (Å²) in [5.41, 5.74) is 5.05. The number of nitrogens with zero attached hydrogens (tertiary/aromatic N) is 4. The lowest BCUT2D eigenvalue weighted by Crippen LogP contribution is -2.14. The number of carbonyl (C=O) groups excluding carboxylic acids is 2. The number of benzene rings is 2. The van der Waals surface area contributed by atoms with Crippen LogP contribution in [0.15, 0.2) is 47.6 Å². The number of hydrogen-bond donors (Lipinski definition) is 1. The minimum absolute atomic E-state index is 0.0114. The maximum absolute atomic E-state index is 12.3. The van der Waals surface area contributed by atoms with E-state index in [4.69, 9.17) is 0 Å². The van der Waals surface area contributed by atoms with Gasteiger partial charge in [-0.1, -0.05) is 24.8 Å². The third-order valence-electron chi connectivity index (χ3n) is 4.96. The Morgan fingerprint density at radius 3 is 2.57 bits per heavy atom. The summed E-state index contributed by atoms with van der Waals surface area (Å²) in [5, 5.41) is 12.9. The molecule has 4 aromatic rings. The zero-order valence-electron chi connectivity index (χ0n) is 17.0. The molecule has 7 nitrogen and oxygen atoms in total. The van der Waals surface area contributed by atoms with Gasteiger partial charge < -0.3 is 9.88 Å². The number of carbonyl (C=O) groups is 2. The Bertz CT molecular complexity index is 1260. The molecule has 2 aromatic heterocycles. The number of ketones is 1. The highest BCUT2D eigenvalue weighted by Gasteiger charge is 2.14. The smallest absolute Gasteiger partial charge is 0.234 e. The van der Waals surface area contributed by atoms with Gasteiger partial charge in [-0.05, 0) is 55.3 Å². The van der Waals surface area contributed by atoms with Gasteiger partial charge in [0.1, 0.15) is 5.52 Å². The molecule has 1 amide bonds. The number of Topliss-reactive ketones (excluding diaryl/α,β-unsaturated/α-hetero) is 1. The number of anilines is 1. The highest BCUT2D eigenvalue weighted by atomic mass is 32.2. The number of aromatic nitrogens is 4. The van der Waals surface area contributed by atoms with Crippen LogP contribution in [0.5, 0.6) is 0 Å². The summed E-state index contributed by atoms with van der Waals surface area (Å²) in [6, 6.07) is 13.1. The van der Waals surface area contributed by atoms with Crippen molar-refractivity contribution in [2.75, 3.05) is 11.1 Å². The first kappa shape index (κ1) is 20.0.